The van der Waals surface area contributed by atoms with E-state index >= 15 is 0 Å². The molecule has 0 unspecified atom stereocenters. The summed E-state index contributed by atoms with van der Waals surface area (Å²) in [5.41, 5.74) is 1.89. The van der Waals surface area contributed by atoms with Gasteiger partial charge in [-0.3, -0.25) is 4.79 Å². The van der Waals surface area contributed by atoms with Crippen molar-refractivity contribution in [1.29, 1.82) is 0 Å². The molecule has 0 saturated carbocycles. The Morgan fingerprint density at radius 1 is 1.47 bits per heavy atom. The number of aryl methyl sites for hydroxylation is 1. The van der Waals surface area contributed by atoms with Crippen molar-refractivity contribution in [3.05, 3.63) is 30.2 Å². The first-order valence-electron chi connectivity index (χ1n) is 5.27. The van der Waals surface area contributed by atoms with Gasteiger partial charge in [-0.2, -0.15) is 0 Å². The molecule has 2 aromatic heterocycles. The van der Waals surface area contributed by atoms with Crippen molar-refractivity contribution in [2.24, 2.45) is 0 Å². The normalized spacial score (nSPS) is 11.9. The molecule has 0 aliphatic rings. The average molecular weight is 250 g/mol. The number of imidazole rings is 1. The maximum Gasteiger partial charge on any atom is 0.319 e. The third kappa shape index (κ3) is 2.15. The number of carboxylic acids is 1. The van der Waals surface area contributed by atoms with Gasteiger partial charge in [0, 0.05) is 18.1 Å². The Bertz CT molecular complexity index is 575. The fourth-order valence-corrected chi connectivity index (χ4v) is 2.54. The van der Waals surface area contributed by atoms with E-state index in [1.54, 1.807) is 20.0 Å². The average Bonchev–Trinajstić information content (AvgIpc) is 2.71. The first-order chi connectivity index (χ1) is 7.92. The summed E-state index contributed by atoms with van der Waals surface area (Å²) in [6.07, 6.45) is 3.60. The number of nitrogens with zero attached hydrogens (tertiary/aromatic N) is 2. The van der Waals surface area contributed by atoms with E-state index in [9.17, 15) is 4.79 Å². The number of hydrogen-bond acceptors (Lipinski definition) is 3. The number of carbonyl (C=O) groups is 1. The smallest absolute Gasteiger partial charge is 0.319 e. The van der Waals surface area contributed by atoms with Crippen LogP contribution in [0.25, 0.3) is 5.65 Å². The van der Waals surface area contributed by atoms with Crippen molar-refractivity contribution in [1.82, 2.24) is 9.38 Å². The molecule has 5 heteroatoms. The first-order valence-corrected chi connectivity index (χ1v) is 6.08. The molecule has 0 aliphatic heterocycles. The van der Waals surface area contributed by atoms with Crippen LogP contribution < -0.4 is 0 Å². The van der Waals surface area contributed by atoms with E-state index in [-0.39, 0.29) is 0 Å². The summed E-state index contributed by atoms with van der Waals surface area (Å²) in [5, 5.41) is 9.13. The van der Waals surface area contributed by atoms with Crippen LogP contribution in [0.3, 0.4) is 0 Å². The van der Waals surface area contributed by atoms with Crippen LogP contribution in [0.1, 0.15) is 19.5 Å². The lowest BCUT2D eigenvalue weighted by Gasteiger charge is -2.18. The summed E-state index contributed by atoms with van der Waals surface area (Å²) in [4.78, 5) is 16.3. The molecule has 1 N–H and O–H groups in total. The van der Waals surface area contributed by atoms with Gasteiger partial charge in [0.1, 0.15) is 4.75 Å². The van der Waals surface area contributed by atoms with Crippen molar-refractivity contribution in [2.75, 3.05) is 0 Å². The molecule has 17 heavy (non-hydrogen) atoms. The fourth-order valence-electron chi connectivity index (χ4n) is 1.52. The van der Waals surface area contributed by atoms with Gasteiger partial charge in [0.25, 0.3) is 0 Å². The molecule has 4 nitrogen and oxygen atoms in total. The molecule has 2 rings (SSSR count). The molecule has 0 amide bonds. The van der Waals surface area contributed by atoms with Gasteiger partial charge in [0.2, 0.25) is 0 Å². The van der Waals surface area contributed by atoms with E-state index in [0.29, 0.717) is 0 Å². The number of aliphatic carboxylic acids is 1. The Morgan fingerprint density at radius 3 is 2.82 bits per heavy atom. The van der Waals surface area contributed by atoms with Gasteiger partial charge in [-0.15, -0.1) is 11.8 Å². The lowest BCUT2D eigenvalue weighted by Crippen LogP contribution is -2.27. The second-order valence-corrected chi connectivity index (χ2v) is 6.04. The molecule has 0 radical (unpaired) electrons. The molecule has 2 heterocycles. The summed E-state index contributed by atoms with van der Waals surface area (Å²) in [6, 6.07) is 3.89. The Hall–Kier alpha value is -1.49. The number of rotatable bonds is 3. The highest BCUT2D eigenvalue weighted by Crippen LogP contribution is 2.35. The molecule has 0 aromatic carbocycles. The minimum Gasteiger partial charge on any atom is -0.480 e. The second-order valence-electron chi connectivity index (χ2n) is 4.38. The Morgan fingerprint density at radius 2 is 2.18 bits per heavy atom. The molecule has 0 bridgehead atoms. The van der Waals surface area contributed by atoms with Crippen LogP contribution in [0.15, 0.2) is 29.4 Å². The van der Waals surface area contributed by atoms with Gasteiger partial charge in [-0.1, -0.05) is 0 Å². The van der Waals surface area contributed by atoms with E-state index in [0.717, 1.165) is 16.2 Å². The summed E-state index contributed by atoms with van der Waals surface area (Å²) in [5.74, 6) is -0.826. The lowest BCUT2D eigenvalue weighted by atomic mass is 10.2. The Kier molecular flexibility index (Phi) is 2.87. The molecule has 0 saturated heterocycles. The Labute approximate surface area is 104 Å². The number of thioether (sulfide) groups is 1. The highest BCUT2D eigenvalue weighted by atomic mass is 32.2. The zero-order valence-electron chi connectivity index (χ0n) is 9.97. The summed E-state index contributed by atoms with van der Waals surface area (Å²) >= 11 is 1.31. The van der Waals surface area contributed by atoms with Crippen LogP contribution >= 0.6 is 11.8 Å². The molecule has 0 fully saturated rings. The van der Waals surface area contributed by atoms with Crippen LogP contribution in [0.4, 0.5) is 0 Å². The second kappa shape index (κ2) is 4.07. The van der Waals surface area contributed by atoms with Gasteiger partial charge in [-0.25, -0.2) is 4.98 Å². The van der Waals surface area contributed by atoms with Gasteiger partial charge in [0.15, 0.2) is 5.65 Å². The zero-order valence-corrected chi connectivity index (χ0v) is 10.8. The summed E-state index contributed by atoms with van der Waals surface area (Å²) in [6.45, 7) is 5.38. The van der Waals surface area contributed by atoms with Gasteiger partial charge < -0.3 is 9.51 Å². The third-order valence-electron chi connectivity index (χ3n) is 2.60. The Balaban J connectivity index is 2.47. The molecular formula is C12H14N2O2S. The van der Waals surface area contributed by atoms with Crippen molar-refractivity contribution >= 4 is 23.4 Å². The highest BCUT2D eigenvalue weighted by Gasteiger charge is 2.29. The minimum absolute atomic E-state index is 0.810. The van der Waals surface area contributed by atoms with Crippen molar-refractivity contribution in [3.63, 3.8) is 0 Å². The predicted octanol–water partition coefficient (Wildman–Crippen LogP) is 2.60. The van der Waals surface area contributed by atoms with Gasteiger partial charge in [0.05, 0.1) is 4.90 Å². The van der Waals surface area contributed by atoms with Gasteiger partial charge in [-0.05, 0) is 32.9 Å². The monoisotopic (exact) mass is 250 g/mol. The molecule has 0 atom stereocenters. The van der Waals surface area contributed by atoms with Gasteiger partial charge >= 0.3 is 5.97 Å². The van der Waals surface area contributed by atoms with E-state index < -0.39 is 10.7 Å². The zero-order chi connectivity index (χ0) is 12.6. The van der Waals surface area contributed by atoms with Crippen LogP contribution in [0, 0.1) is 6.92 Å². The number of carboxylic acid groups (broad SMARTS) is 1. The highest BCUT2D eigenvalue weighted by molar-refractivity contribution is 8.01. The number of hydrogen-bond donors (Lipinski definition) is 1. The number of aromatic nitrogens is 2. The van der Waals surface area contributed by atoms with Crippen molar-refractivity contribution in [3.8, 4) is 0 Å². The minimum atomic E-state index is -0.859. The number of fused-ring (bicyclic) bond motifs is 1. The molecule has 0 aliphatic carbocycles. The van der Waals surface area contributed by atoms with Crippen LogP contribution in [-0.4, -0.2) is 25.2 Å². The molecule has 90 valence electrons. The maximum absolute atomic E-state index is 11.1. The molecular weight excluding hydrogens is 236 g/mol. The third-order valence-corrected chi connectivity index (χ3v) is 3.82. The van der Waals surface area contributed by atoms with Crippen LogP contribution in [0.5, 0.6) is 0 Å². The van der Waals surface area contributed by atoms with E-state index in [4.69, 9.17) is 5.11 Å². The van der Waals surface area contributed by atoms with Crippen molar-refractivity contribution < 1.29 is 9.90 Å². The topological polar surface area (TPSA) is 54.6 Å². The summed E-state index contributed by atoms with van der Waals surface area (Å²) in [7, 11) is 0. The fraction of sp³-hybridized carbons (Fsp3) is 0.333. The van der Waals surface area contributed by atoms with Crippen LogP contribution in [0.2, 0.25) is 0 Å². The SMILES string of the molecule is Cc1ccc(SC(C)(C)C(=O)O)c2nccn12. The standard InChI is InChI=1S/C12H14N2O2S/c1-8-4-5-9(10-13-6-7-14(8)10)17-12(2,3)11(15)16/h4-7H,1-3H3,(H,15,16). The van der Waals surface area contributed by atoms with E-state index in [2.05, 4.69) is 4.98 Å². The first kappa shape index (κ1) is 12.0. The lowest BCUT2D eigenvalue weighted by molar-refractivity contribution is -0.138. The summed E-state index contributed by atoms with van der Waals surface area (Å²) < 4.78 is 1.10. The maximum atomic E-state index is 11.1. The number of pyridine rings is 1. The molecule has 0 spiro atoms. The van der Waals surface area contributed by atoms with Crippen molar-refractivity contribution in [2.45, 2.75) is 30.4 Å². The quantitative estimate of drug-likeness (QED) is 0.851. The van der Waals surface area contributed by atoms with E-state index in [1.807, 2.05) is 29.7 Å². The molecule has 2 aromatic rings. The largest absolute Gasteiger partial charge is 0.480 e. The van der Waals surface area contributed by atoms with Crippen LogP contribution in [-0.2, 0) is 4.79 Å². The predicted molar refractivity (Wildman–Crippen MR) is 67.5 cm³/mol. The van der Waals surface area contributed by atoms with E-state index in [1.165, 1.54) is 11.8 Å².